The number of nitrogens with zero attached hydrogens (tertiary/aromatic N) is 2. The number of amides is 3. The predicted octanol–water partition coefficient (Wildman–Crippen LogP) is 0.170. The maximum absolute atomic E-state index is 12.8. The fourth-order valence-corrected chi connectivity index (χ4v) is 5.39. The van der Waals surface area contributed by atoms with Crippen LogP contribution in [0.1, 0.15) is 44.9 Å². The largest absolute Gasteiger partial charge is 0.323 e. The van der Waals surface area contributed by atoms with Crippen LogP contribution in [0.2, 0.25) is 0 Å². The van der Waals surface area contributed by atoms with Crippen LogP contribution in [0, 0.1) is 0 Å². The highest BCUT2D eigenvalue weighted by Gasteiger charge is 2.49. The van der Waals surface area contributed by atoms with Gasteiger partial charge in [0.25, 0.3) is 16.1 Å². The first-order valence-electron chi connectivity index (χ1n) is 8.22. The second-order valence-corrected chi connectivity index (χ2v) is 8.69. The lowest BCUT2D eigenvalue weighted by molar-refractivity contribution is -0.125. The van der Waals surface area contributed by atoms with E-state index in [0.717, 1.165) is 25.7 Å². The highest BCUT2D eigenvalue weighted by Crippen LogP contribution is 2.30. The maximum Gasteiger partial charge on any atom is 0.322 e. The van der Waals surface area contributed by atoms with Crippen molar-refractivity contribution in [2.45, 2.75) is 56.5 Å². The van der Waals surface area contributed by atoms with Gasteiger partial charge in [-0.25, -0.2) is 4.79 Å². The van der Waals surface area contributed by atoms with E-state index in [-0.39, 0.29) is 25.0 Å². The van der Waals surface area contributed by atoms with Crippen LogP contribution in [-0.2, 0) is 15.0 Å². The minimum Gasteiger partial charge on any atom is -0.323 e. The first kappa shape index (κ1) is 16.7. The van der Waals surface area contributed by atoms with Gasteiger partial charge in [-0.3, -0.25) is 10.1 Å². The Hall–Kier alpha value is -1.19. The molecule has 3 aliphatic rings. The second-order valence-electron chi connectivity index (χ2n) is 6.71. The molecule has 3 amide bonds. The number of rotatable bonds is 3. The number of carbonyl (C=O) groups is 2. The van der Waals surface area contributed by atoms with E-state index in [1.807, 2.05) is 0 Å². The van der Waals surface area contributed by atoms with Gasteiger partial charge in [0, 0.05) is 26.2 Å². The van der Waals surface area contributed by atoms with Crippen molar-refractivity contribution < 1.29 is 18.0 Å². The Bertz CT molecular complexity index is 592. The average molecular weight is 344 g/mol. The first-order chi connectivity index (χ1) is 10.8. The van der Waals surface area contributed by atoms with Gasteiger partial charge in [0.1, 0.15) is 5.54 Å². The first-order valence-corrected chi connectivity index (χ1v) is 9.62. The Balaban J connectivity index is 1.66. The summed E-state index contributed by atoms with van der Waals surface area (Å²) < 4.78 is 28.5. The van der Waals surface area contributed by atoms with Crippen LogP contribution in [0.15, 0.2) is 0 Å². The molecule has 0 aromatic carbocycles. The molecular formula is C14H24N4O4S. The molecule has 0 atom stereocenters. The molecule has 0 unspecified atom stereocenters. The second kappa shape index (κ2) is 6.03. The number of nitrogens with one attached hydrogen (secondary N) is 2. The molecule has 1 saturated carbocycles. The molecule has 0 aromatic rings. The SMILES string of the molecule is CN(C1CCCCC1)S(=O)(=O)N1CCC2(CC1)NC(=O)NC2=O. The Labute approximate surface area is 136 Å². The van der Waals surface area contributed by atoms with Crippen LogP contribution >= 0.6 is 0 Å². The van der Waals surface area contributed by atoms with Crippen LogP contribution in [0.4, 0.5) is 4.79 Å². The van der Waals surface area contributed by atoms with Crippen LogP contribution in [-0.4, -0.2) is 60.7 Å². The molecule has 0 radical (unpaired) electrons. The molecule has 0 bridgehead atoms. The Kier molecular flexibility index (Phi) is 4.37. The molecule has 3 rings (SSSR count). The molecule has 130 valence electrons. The summed E-state index contributed by atoms with van der Waals surface area (Å²) in [6.45, 7) is 0.486. The molecule has 2 heterocycles. The van der Waals surface area contributed by atoms with Gasteiger partial charge in [-0.15, -0.1) is 0 Å². The summed E-state index contributed by atoms with van der Waals surface area (Å²) in [5, 5.41) is 4.89. The van der Waals surface area contributed by atoms with E-state index in [0.29, 0.717) is 12.8 Å². The van der Waals surface area contributed by atoms with E-state index in [1.165, 1.54) is 15.0 Å². The number of piperidine rings is 1. The van der Waals surface area contributed by atoms with Crippen molar-refractivity contribution in [1.29, 1.82) is 0 Å². The lowest BCUT2D eigenvalue weighted by Gasteiger charge is -2.39. The number of imide groups is 1. The summed E-state index contributed by atoms with van der Waals surface area (Å²) >= 11 is 0. The van der Waals surface area contributed by atoms with Crippen molar-refractivity contribution in [3.05, 3.63) is 0 Å². The van der Waals surface area contributed by atoms with Crippen molar-refractivity contribution in [3.63, 3.8) is 0 Å². The molecule has 1 spiro atoms. The van der Waals surface area contributed by atoms with Gasteiger partial charge in [-0.05, 0) is 25.7 Å². The minimum absolute atomic E-state index is 0.0686. The van der Waals surface area contributed by atoms with Crippen LogP contribution in [0.25, 0.3) is 0 Å². The van der Waals surface area contributed by atoms with Gasteiger partial charge in [0.05, 0.1) is 0 Å². The third kappa shape index (κ3) is 2.97. The van der Waals surface area contributed by atoms with Crippen LogP contribution in [0.3, 0.4) is 0 Å². The number of hydrogen-bond acceptors (Lipinski definition) is 4. The summed E-state index contributed by atoms with van der Waals surface area (Å²) in [5.41, 5.74) is -0.938. The van der Waals surface area contributed by atoms with Gasteiger partial charge in [0.15, 0.2) is 0 Å². The molecule has 9 heteroatoms. The fourth-order valence-electron chi connectivity index (χ4n) is 3.79. The molecular weight excluding hydrogens is 320 g/mol. The van der Waals surface area contributed by atoms with E-state index < -0.39 is 21.8 Å². The maximum atomic E-state index is 12.8. The summed E-state index contributed by atoms with van der Waals surface area (Å²) in [6.07, 6.45) is 5.74. The third-order valence-corrected chi connectivity index (χ3v) is 7.41. The van der Waals surface area contributed by atoms with Crippen molar-refractivity contribution in [3.8, 4) is 0 Å². The van der Waals surface area contributed by atoms with Crippen LogP contribution in [0.5, 0.6) is 0 Å². The lowest BCUT2D eigenvalue weighted by Crippen LogP contribution is -2.58. The highest BCUT2D eigenvalue weighted by atomic mass is 32.2. The number of hydrogen-bond donors (Lipinski definition) is 2. The molecule has 23 heavy (non-hydrogen) atoms. The van der Waals surface area contributed by atoms with Crippen LogP contribution < -0.4 is 10.6 Å². The van der Waals surface area contributed by atoms with Crippen molar-refractivity contribution in [2.24, 2.45) is 0 Å². The quantitative estimate of drug-likeness (QED) is 0.713. The summed E-state index contributed by atoms with van der Waals surface area (Å²) in [6, 6.07) is -0.426. The lowest BCUT2D eigenvalue weighted by atomic mass is 9.89. The highest BCUT2D eigenvalue weighted by molar-refractivity contribution is 7.86. The molecule has 2 aliphatic heterocycles. The zero-order chi connectivity index (χ0) is 16.7. The topological polar surface area (TPSA) is 98.8 Å². The predicted molar refractivity (Wildman–Crippen MR) is 83.8 cm³/mol. The minimum atomic E-state index is -3.52. The fraction of sp³-hybridized carbons (Fsp3) is 0.857. The van der Waals surface area contributed by atoms with E-state index in [1.54, 1.807) is 7.05 Å². The van der Waals surface area contributed by atoms with Gasteiger partial charge in [-0.1, -0.05) is 19.3 Å². The smallest absolute Gasteiger partial charge is 0.322 e. The zero-order valence-corrected chi connectivity index (χ0v) is 14.2. The van der Waals surface area contributed by atoms with E-state index in [4.69, 9.17) is 0 Å². The molecule has 1 aliphatic carbocycles. The third-order valence-electron chi connectivity index (χ3n) is 5.37. The Morgan fingerprint density at radius 3 is 2.26 bits per heavy atom. The van der Waals surface area contributed by atoms with Gasteiger partial charge in [-0.2, -0.15) is 17.0 Å². The number of urea groups is 1. The molecule has 3 fully saturated rings. The van der Waals surface area contributed by atoms with Crippen molar-refractivity contribution in [2.75, 3.05) is 20.1 Å². The summed E-state index contributed by atoms with van der Waals surface area (Å²) in [4.78, 5) is 23.3. The summed E-state index contributed by atoms with van der Waals surface area (Å²) in [5.74, 6) is -0.347. The normalized spacial score (nSPS) is 26.5. The van der Waals surface area contributed by atoms with Gasteiger partial charge >= 0.3 is 6.03 Å². The summed E-state index contributed by atoms with van der Waals surface area (Å²) in [7, 11) is -1.86. The standard InChI is InChI=1S/C14H24N4O4S/c1-17(11-5-3-2-4-6-11)23(21,22)18-9-7-14(8-10-18)12(19)15-13(20)16-14/h11H,2-10H2,1H3,(H2,15,16,19,20). The van der Waals surface area contributed by atoms with Gasteiger partial charge in [0.2, 0.25) is 0 Å². The molecule has 2 N–H and O–H groups in total. The monoisotopic (exact) mass is 344 g/mol. The zero-order valence-electron chi connectivity index (χ0n) is 13.4. The molecule has 8 nitrogen and oxygen atoms in total. The Morgan fingerprint density at radius 1 is 1.13 bits per heavy atom. The van der Waals surface area contributed by atoms with E-state index in [2.05, 4.69) is 10.6 Å². The molecule has 0 aromatic heterocycles. The van der Waals surface area contributed by atoms with E-state index in [9.17, 15) is 18.0 Å². The van der Waals surface area contributed by atoms with Crippen molar-refractivity contribution >= 4 is 22.1 Å². The van der Waals surface area contributed by atoms with Gasteiger partial charge < -0.3 is 5.32 Å². The molecule has 2 saturated heterocycles. The van der Waals surface area contributed by atoms with Crippen molar-refractivity contribution in [1.82, 2.24) is 19.2 Å². The van der Waals surface area contributed by atoms with E-state index >= 15 is 0 Å². The average Bonchev–Trinajstić information content (AvgIpc) is 2.81. The number of carbonyl (C=O) groups excluding carboxylic acids is 2. The Morgan fingerprint density at radius 2 is 1.74 bits per heavy atom.